The van der Waals surface area contributed by atoms with Gasteiger partial charge in [-0.25, -0.2) is 9.67 Å². The highest BCUT2D eigenvalue weighted by Crippen LogP contribution is 2.33. The van der Waals surface area contributed by atoms with Gasteiger partial charge >= 0.3 is 0 Å². The van der Waals surface area contributed by atoms with Crippen molar-refractivity contribution in [1.82, 2.24) is 14.8 Å². The molecule has 5 heteroatoms. The van der Waals surface area contributed by atoms with Crippen molar-refractivity contribution in [3.63, 3.8) is 0 Å². The van der Waals surface area contributed by atoms with Gasteiger partial charge in [-0.15, -0.1) is 5.10 Å². The van der Waals surface area contributed by atoms with Crippen LogP contribution in [0.15, 0.2) is 102 Å². The molecule has 30 heavy (non-hydrogen) atoms. The predicted molar refractivity (Wildman–Crippen MR) is 120 cm³/mol. The SMILES string of the molecule is O=c1ccc2nc(-c3ccccc3)nn(-c3ccccc3)c-2c1-c1ccc(Cl)cc1. The van der Waals surface area contributed by atoms with E-state index in [1.807, 2.05) is 72.8 Å². The van der Waals surface area contributed by atoms with Gasteiger partial charge in [-0.1, -0.05) is 72.3 Å². The summed E-state index contributed by atoms with van der Waals surface area (Å²) in [5.41, 5.74) is 4.34. The van der Waals surface area contributed by atoms with Gasteiger partial charge in [-0.2, -0.15) is 0 Å². The van der Waals surface area contributed by atoms with Gasteiger partial charge < -0.3 is 0 Å². The molecule has 0 amide bonds. The summed E-state index contributed by atoms with van der Waals surface area (Å²) in [7, 11) is 0. The van der Waals surface area contributed by atoms with Crippen LogP contribution in [-0.4, -0.2) is 14.8 Å². The molecule has 0 spiro atoms. The number of para-hydroxylation sites is 1. The van der Waals surface area contributed by atoms with Gasteiger partial charge in [0, 0.05) is 10.6 Å². The molecule has 2 aliphatic rings. The molecule has 0 saturated carbocycles. The fourth-order valence-electron chi connectivity index (χ4n) is 3.51. The molecule has 4 nitrogen and oxygen atoms in total. The van der Waals surface area contributed by atoms with Crippen LogP contribution in [0, 0.1) is 0 Å². The van der Waals surface area contributed by atoms with Gasteiger partial charge in [0.25, 0.3) is 0 Å². The van der Waals surface area contributed by atoms with E-state index in [9.17, 15) is 4.79 Å². The number of fused-ring (bicyclic) bond motifs is 1. The van der Waals surface area contributed by atoms with Crippen LogP contribution in [0.5, 0.6) is 0 Å². The molecule has 0 N–H and O–H groups in total. The van der Waals surface area contributed by atoms with Gasteiger partial charge in [-0.3, -0.25) is 4.79 Å². The number of nitrogens with zero attached hydrogens (tertiary/aromatic N) is 3. The molecule has 1 aliphatic heterocycles. The smallest absolute Gasteiger partial charge is 0.188 e. The van der Waals surface area contributed by atoms with Crippen LogP contribution < -0.4 is 5.43 Å². The van der Waals surface area contributed by atoms with Gasteiger partial charge in [0.1, 0.15) is 5.69 Å². The van der Waals surface area contributed by atoms with Crippen LogP contribution in [0.1, 0.15) is 0 Å². The minimum absolute atomic E-state index is 0.0921. The molecule has 0 bridgehead atoms. The molecule has 3 aromatic carbocycles. The first kappa shape index (κ1) is 18.3. The number of hydrogen-bond donors (Lipinski definition) is 0. The number of benzene rings is 4. The first-order valence-corrected chi connectivity index (χ1v) is 9.89. The third-order valence-corrected chi connectivity index (χ3v) is 5.17. The zero-order chi connectivity index (χ0) is 20.5. The first-order chi connectivity index (χ1) is 14.7. The molecule has 5 rings (SSSR count). The largest absolute Gasteiger partial charge is 0.289 e. The third-order valence-electron chi connectivity index (χ3n) is 4.92. The lowest BCUT2D eigenvalue weighted by molar-refractivity contribution is 0.829. The van der Waals surface area contributed by atoms with E-state index in [1.165, 1.54) is 0 Å². The van der Waals surface area contributed by atoms with E-state index >= 15 is 0 Å². The zero-order valence-electron chi connectivity index (χ0n) is 15.9. The summed E-state index contributed by atoms with van der Waals surface area (Å²) in [6.07, 6.45) is 0. The molecular formula is C25H16ClN3O. The predicted octanol–water partition coefficient (Wildman–Crippen LogP) is 5.72. The van der Waals surface area contributed by atoms with Crippen molar-refractivity contribution in [3.8, 4) is 39.6 Å². The second-order valence-electron chi connectivity index (χ2n) is 6.86. The fraction of sp³-hybridized carbons (Fsp3) is 0. The second-order valence-corrected chi connectivity index (χ2v) is 7.30. The van der Waals surface area contributed by atoms with Crippen LogP contribution in [0.3, 0.4) is 0 Å². The lowest BCUT2D eigenvalue weighted by Gasteiger charge is -2.19. The first-order valence-electron chi connectivity index (χ1n) is 9.51. The number of halogens is 1. The Morgan fingerprint density at radius 2 is 1.37 bits per heavy atom. The maximum absolute atomic E-state index is 13.0. The van der Waals surface area contributed by atoms with E-state index in [4.69, 9.17) is 21.7 Å². The molecule has 1 heterocycles. The number of hydrogen-bond acceptors (Lipinski definition) is 3. The van der Waals surface area contributed by atoms with Crippen LogP contribution in [0.25, 0.3) is 39.6 Å². The maximum atomic E-state index is 13.0. The van der Waals surface area contributed by atoms with Crippen molar-refractivity contribution >= 4 is 11.6 Å². The van der Waals surface area contributed by atoms with Gasteiger partial charge in [0.2, 0.25) is 0 Å². The Morgan fingerprint density at radius 3 is 2.07 bits per heavy atom. The van der Waals surface area contributed by atoms with Crippen molar-refractivity contribution in [2.24, 2.45) is 0 Å². The highest BCUT2D eigenvalue weighted by atomic mass is 35.5. The van der Waals surface area contributed by atoms with Crippen molar-refractivity contribution in [3.05, 3.63) is 112 Å². The fourth-order valence-corrected chi connectivity index (χ4v) is 3.63. The summed E-state index contributed by atoms with van der Waals surface area (Å²) in [5.74, 6) is 0.590. The molecule has 1 aliphatic carbocycles. The highest BCUT2D eigenvalue weighted by Gasteiger charge is 2.21. The Balaban J connectivity index is 1.87. The maximum Gasteiger partial charge on any atom is 0.188 e. The summed E-state index contributed by atoms with van der Waals surface area (Å²) in [5, 5.41) is 5.44. The topological polar surface area (TPSA) is 47.8 Å². The third kappa shape index (κ3) is 3.27. The molecule has 144 valence electrons. The van der Waals surface area contributed by atoms with Crippen LogP contribution in [0.4, 0.5) is 0 Å². The van der Waals surface area contributed by atoms with Crippen molar-refractivity contribution in [1.29, 1.82) is 0 Å². The minimum atomic E-state index is -0.0921. The summed E-state index contributed by atoms with van der Waals surface area (Å²) in [6, 6.07) is 30.1. The summed E-state index contributed by atoms with van der Waals surface area (Å²) < 4.78 is 1.80. The van der Waals surface area contributed by atoms with Crippen LogP contribution in [0.2, 0.25) is 5.02 Å². The van der Waals surface area contributed by atoms with Gasteiger partial charge in [0.05, 0.1) is 16.9 Å². The lowest BCUT2D eigenvalue weighted by atomic mass is 9.99. The quantitative estimate of drug-likeness (QED) is 0.383. The number of aromatic nitrogens is 3. The second kappa shape index (κ2) is 7.58. The van der Waals surface area contributed by atoms with Crippen molar-refractivity contribution in [2.45, 2.75) is 0 Å². The van der Waals surface area contributed by atoms with Crippen LogP contribution >= 0.6 is 11.6 Å². The summed E-state index contributed by atoms with van der Waals surface area (Å²) >= 11 is 6.06. The van der Waals surface area contributed by atoms with E-state index in [0.717, 1.165) is 16.8 Å². The lowest BCUT2D eigenvalue weighted by Crippen LogP contribution is -2.16. The normalized spacial score (nSPS) is 11.0. The van der Waals surface area contributed by atoms with E-state index in [1.54, 1.807) is 28.9 Å². The van der Waals surface area contributed by atoms with E-state index in [2.05, 4.69) is 0 Å². The Morgan fingerprint density at radius 1 is 0.700 bits per heavy atom. The summed E-state index contributed by atoms with van der Waals surface area (Å²) in [4.78, 5) is 17.7. The standard InChI is InChI=1S/C25H16ClN3O/c26-19-13-11-17(12-14-19)23-22(30)16-15-21-24(23)29(20-9-5-2-6-10-20)28-25(27-21)18-7-3-1-4-8-18/h1-16H. The van der Waals surface area contributed by atoms with Gasteiger partial charge in [-0.05, 0) is 42.0 Å². The zero-order valence-corrected chi connectivity index (χ0v) is 16.6. The summed E-state index contributed by atoms with van der Waals surface area (Å²) in [6.45, 7) is 0. The van der Waals surface area contributed by atoms with Crippen molar-refractivity contribution in [2.75, 3.05) is 0 Å². The van der Waals surface area contributed by atoms with Crippen LogP contribution in [-0.2, 0) is 0 Å². The Labute approximate surface area is 178 Å². The molecule has 0 saturated heterocycles. The molecule has 0 atom stereocenters. The Hall–Kier alpha value is -3.76. The minimum Gasteiger partial charge on any atom is -0.289 e. The Kier molecular flexibility index (Phi) is 4.62. The molecule has 0 unspecified atom stereocenters. The van der Waals surface area contributed by atoms with Gasteiger partial charge in [0.15, 0.2) is 11.3 Å². The van der Waals surface area contributed by atoms with E-state index in [0.29, 0.717) is 27.8 Å². The average Bonchev–Trinajstić information content (AvgIpc) is 2.80. The molecular weight excluding hydrogens is 394 g/mol. The Bertz CT molecular complexity index is 1350. The molecule has 0 radical (unpaired) electrons. The molecule has 0 aromatic heterocycles. The van der Waals surface area contributed by atoms with E-state index in [-0.39, 0.29) is 5.43 Å². The average molecular weight is 410 g/mol. The van der Waals surface area contributed by atoms with Crippen molar-refractivity contribution < 1.29 is 0 Å². The highest BCUT2D eigenvalue weighted by molar-refractivity contribution is 6.30. The molecule has 3 aromatic rings. The monoisotopic (exact) mass is 409 g/mol. The van der Waals surface area contributed by atoms with E-state index < -0.39 is 0 Å². The molecule has 0 fully saturated rings. The number of rotatable bonds is 3.